The van der Waals surface area contributed by atoms with E-state index in [1.165, 1.54) is 6.92 Å². The molecule has 0 aromatic heterocycles. The standard InChI is InChI=1S/C9H18N2O5S/c1-4-6-7(12)11-9(3,8(13)14)17(15,16)10-5-2/h10H,4-6H2,1-3H3,(H,11,12)(H,13,14). The molecule has 0 radical (unpaired) electrons. The lowest BCUT2D eigenvalue weighted by Gasteiger charge is -2.25. The monoisotopic (exact) mass is 266 g/mol. The van der Waals surface area contributed by atoms with E-state index in [0.29, 0.717) is 6.42 Å². The van der Waals surface area contributed by atoms with Crippen LogP contribution in [-0.4, -0.2) is 36.8 Å². The molecule has 0 aliphatic rings. The van der Waals surface area contributed by atoms with Crippen molar-refractivity contribution in [3.8, 4) is 0 Å². The van der Waals surface area contributed by atoms with E-state index in [4.69, 9.17) is 5.11 Å². The average Bonchev–Trinajstić information content (AvgIpc) is 2.16. The first-order valence-corrected chi connectivity index (χ1v) is 6.73. The highest BCUT2D eigenvalue weighted by atomic mass is 32.2. The van der Waals surface area contributed by atoms with E-state index in [0.717, 1.165) is 6.92 Å². The zero-order chi connectivity index (χ0) is 13.7. The van der Waals surface area contributed by atoms with Gasteiger partial charge in [-0.15, -0.1) is 0 Å². The SMILES string of the molecule is CCCC(=O)NC(C)(C(=O)O)S(=O)(=O)NCC. The van der Waals surface area contributed by atoms with Crippen molar-refractivity contribution in [1.82, 2.24) is 10.0 Å². The quantitative estimate of drug-likeness (QED) is 0.582. The summed E-state index contributed by atoms with van der Waals surface area (Å²) in [5, 5.41) is 11.0. The molecule has 100 valence electrons. The van der Waals surface area contributed by atoms with Crippen molar-refractivity contribution in [2.75, 3.05) is 6.54 Å². The maximum Gasteiger partial charge on any atom is 0.346 e. The molecule has 0 saturated carbocycles. The van der Waals surface area contributed by atoms with Crippen molar-refractivity contribution >= 4 is 21.9 Å². The molecule has 0 bridgehead atoms. The molecule has 0 aromatic carbocycles. The maximum absolute atomic E-state index is 11.7. The lowest BCUT2D eigenvalue weighted by Crippen LogP contribution is -2.61. The molecule has 17 heavy (non-hydrogen) atoms. The van der Waals surface area contributed by atoms with Crippen LogP contribution in [0.15, 0.2) is 0 Å². The molecule has 0 aliphatic heterocycles. The molecule has 3 N–H and O–H groups in total. The van der Waals surface area contributed by atoms with Crippen LogP contribution < -0.4 is 10.0 Å². The number of hydrogen-bond donors (Lipinski definition) is 3. The first-order chi connectivity index (χ1) is 7.71. The van der Waals surface area contributed by atoms with Crippen LogP contribution in [0.4, 0.5) is 0 Å². The second-order valence-corrected chi connectivity index (χ2v) is 5.75. The zero-order valence-corrected chi connectivity index (χ0v) is 10.9. The summed E-state index contributed by atoms with van der Waals surface area (Å²) >= 11 is 0. The Balaban J connectivity index is 5.19. The molecular formula is C9H18N2O5S. The number of hydrogen-bond acceptors (Lipinski definition) is 4. The summed E-state index contributed by atoms with van der Waals surface area (Å²) in [5.74, 6) is -2.23. The van der Waals surface area contributed by atoms with E-state index in [1.807, 2.05) is 5.32 Å². The molecule has 7 nitrogen and oxygen atoms in total. The number of nitrogens with one attached hydrogen (secondary N) is 2. The van der Waals surface area contributed by atoms with Gasteiger partial charge >= 0.3 is 5.97 Å². The number of aliphatic carboxylic acids is 1. The van der Waals surface area contributed by atoms with E-state index < -0.39 is 26.8 Å². The predicted octanol–water partition coefficient (Wildman–Crippen LogP) is -0.357. The minimum Gasteiger partial charge on any atom is -0.479 e. The summed E-state index contributed by atoms with van der Waals surface area (Å²) in [5.41, 5.74) is 0. The molecule has 1 unspecified atom stereocenters. The van der Waals surface area contributed by atoms with Gasteiger partial charge in [-0.2, -0.15) is 0 Å². The van der Waals surface area contributed by atoms with Gasteiger partial charge in [0.2, 0.25) is 15.9 Å². The first-order valence-electron chi connectivity index (χ1n) is 5.24. The van der Waals surface area contributed by atoms with Gasteiger partial charge in [0.05, 0.1) is 0 Å². The largest absolute Gasteiger partial charge is 0.479 e. The average molecular weight is 266 g/mol. The van der Waals surface area contributed by atoms with Gasteiger partial charge in [0.15, 0.2) is 0 Å². The summed E-state index contributed by atoms with van der Waals surface area (Å²) in [4.78, 5) is 20.0. The van der Waals surface area contributed by atoms with Crippen molar-refractivity contribution in [3.05, 3.63) is 0 Å². The van der Waals surface area contributed by atoms with Gasteiger partial charge in [-0.25, -0.2) is 17.9 Å². The van der Waals surface area contributed by atoms with Gasteiger partial charge in [0.1, 0.15) is 0 Å². The number of carbonyl (C=O) groups is 2. The molecule has 0 rings (SSSR count). The molecule has 0 saturated heterocycles. The van der Waals surface area contributed by atoms with E-state index in [1.54, 1.807) is 6.92 Å². The third kappa shape index (κ3) is 3.67. The zero-order valence-electron chi connectivity index (χ0n) is 10.1. The molecule has 0 spiro atoms. The lowest BCUT2D eigenvalue weighted by molar-refractivity contribution is -0.143. The Labute approximate surface area is 101 Å². The number of carboxylic acid groups (broad SMARTS) is 1. The summed E-state index contributed by atoms with van der Waals surface area (Å²) < 4.78 is 25.5. The Morgan fingerprint density at radius 2 is 1.82 bits per heavy atom. The van der Waals surface area contributed by atoms with E-state index in [9.17, 15) is 18.0 Å². The number of sulfonamides is 1. The van der Waals surface area contributed by atoms with Gasteiger partial charge in [0, 0.05) is 13.0 Å². The molecule has 0 aromatic rings. The Hall–Kier alpha value is -1.15. The second kappa shape index (κ2) is 5.97. The van der Waals surface area contributed by atoms with Crippen LogP contribution in [0, 0.1) is 0 Å². The van der Waals surface area contributed by atoms with E-state index in [2.05, 4.69) is 4.72 Å². The number of carbonyl (C=O) groups excluding carboxylic acids is 1. The Morgan fingerprint density at radius 1 is 1.29 bits per heavy atom. The third-order valence-corrected chi connectivity index (χ3v) is 4.16. The van der Waals surface area contributed by atoms with Crippen molar-refractivity contribution in [1.29, 1.82) is 0 Å². The van der Waals surface area contributed by atoms with Crippen LogP contribution in [0.1, 0.15) is 33.6 Å². The molecular weight excluding hydrogens is 248 g/mol. The molecule has 8 heteroatoms. The predicted molar refractivity (Wildman–Crippen MR) is 61.7 cm³/mol. The number of carboxylic acids is 1. The van der Waals surface area contributed by atoms with Crippen LogP contribution in [-0.2, 0) is 19.6 Å². The fraction of sp³-hybridized carbons (Fsp3) is 0.778. The van der Waals surface area contributed by atoms with Crippen LogP contribution in [0.25, 0.3) is 0 Å². The van der Waals surface area contributed by atoms with Crippen LogP contribution in [0.3, 0.4) is 0 Å². The summed E-state index contributed by atoms with van der Waals surface area (Å²) in [6.45, 7) is 4.25. The van der Waals surface area contributed by atoms with E-state index >= 15 is 0 Å². The first kappa shape index (κ1) is 15.9. The van der Waals surface area contributed by atoms with Crippen molar-refractivity contribution in [2.45, 2.75) is 38.5 Å². The van der Waals surface area contributed by atoms with Crippen LogP contribution in [0.5, 0.6) is 0 Å². The van der Waals surface area contributed by atoms with Crippen molar-refractivity contribution in [3.63, 3.8) is 0 Å². The Morgan fingerprint density at radius 3 is 2.18 bits per heavy atom. The highest BCUT2D eigenvalue weighted by Gasteiger charge is 2.47. The topological polar surface area (TPSA) is 113 Å². The third-order valence-electron chi connectivity index (χ3n) is 2.13. The fourth-order valence-electron chi connectivity index (χ4n) is 1.13. The molecule has 0 aliphatic carbocycles. The van der Waals surface area contributed by atoms with Crippen molar-refractivity contribution in [2.24, 2.45) is 0 Å². The highest BCUT2D eigenvalue weighted by molar-refractivity contribution is 7.91. The molecule has 0 heterocycles. The second-order valence-electron chi connectivity index (χ2n) is 3.64. The van der Waals surface area contributed by atoms with E-state index in [-0.39, 0.29) is 13.0 Å². The number of amides is 1. The van der Waals surface area contributed by atoms with Gasteiger partial charge in [0.25, 0.3) is 4.87 Å². The molecule has 0 fully saturated rings. The summed E-state index contributed by atoms with van der Waals surface area (Å²) in [6.07, 6.45) is 0.577. The Kier molecular flexibility index (Phi) is 5.56. The lowest BCUT2D eigenvalue weighted by atomic mass is 10.2. The number of rotatable bonds is 7. The minimum atomic E-state index is -4.17. The fourth-order valence-corrected chi connectivity index (χ4v) is 2.27. The maximum atomic E-state index is 11.7. The highest BCUT2D eigenvalue weighted by Crippen LogP contribution is 2.13. The normalized spacial score (nSPS) is 15.0. The summed E-state index contributed by atoms with van der Waals surface area (Å²) in [6, 6.07) is 0. The Bertz CT molecular complexity index is 392. The smallest absolute Gasteiger partial charge is 0.346 e. The van der Waals surface area contributed by atoms with Gasteiger partial charge < -0.3 is 10.4 Å². The van der Waals surface area contributed by atoms with Gasteiger partial charge in [-0.3, -0.25) is 4.79 Å². The van der Waals surface area contributed by atoms with Gasteiger partial charge in [-0.05, 0) is 13.3 Å². The summed E-state index contributed by atoms with van der Waals surface area (Å²) in [7, 11) is -4.17. The van der Waals surface area contributed by atoms with Crippen molar-refractivity contribution < 1.29 is 23.1 Å². The molecule has 1 atom stereocenters. The minimum absolute atomic E-state index is 0.0504. The van der Waals surface area contributed by atoms with Crippen LogP contribution >= 0.6 is 0 Å². The van der Waals surface area contributed by atoms with Gasteiger partial charge in [-0.1, -0.05) is 13.8 Å². The molecule has 1 amide bonds. The van der Waals surface area contributed by atoms with Crippen LogP contribution in [0.2, 0.25) is 0 Å².